The fourth-order valence-corrected chi connectivity index (χ4v) is 3.09. The van der Waals surface area contributed by atoms with Gasteiger partial charge in [-0.1, -0.05) is 28.9 Å². The lowest BCUT2D eigenvalue weighted by Crippen LogP contribution is -2.25. The molecule has 0 radical (unpaired) electrons. The summed E-state index contributed by atoms with van der Waals surface area (Å²) in [6.07, 6.45) is 6.05. The first kappa shape index (κ1) is 19.0. The van der Waals surface area contributed by atoms with Gasteiger partial charge in [-0.15, -0.1) is 0 Å². The second-order valence-corrected chi connectivity index (χ2v) is 8.11. The number of ether oxygens (including phenoxy) is 1. The lowest BCUT2D eigenvalue weighted by atomic mass is 10.1. The smallest absolute Gasteiger partial charge is 0.289 e. The molecule has 9 heteroatoms. The Balaban J connectivity index is 1.33. The normalized spacial score (nSPS) is 15.8. The molecule has 3 aromatic rings. The summed E-state index contributed by atoms with van der Waals surface area (Å²) in [7, 11) is 0. The minimum Gasteiger partial charge on any atom is -0.489 e. The Hall–Kier alpha value is -3.00. The highest BCUT2D eigenvalue weighted by atomic mass is 35.5. The van der Waals surface area contributed by atoms with E-state index in [4.69, 9.17) is 20.9 Å². The van der Waals surface area contributed by atoms with Crippen molar-refractivity contribution in [1.29, 1.82) is 0 Å². The van der Waals surface area contributed by atoms with Gasteiger partial charge in [-0.2, -0.15) is 4.98 Å². The van der Waals surface area contributed by atoms with Gasteiger partial charge in [0.25, 0.3) is 5.91 Å². The molecule has 0 spiro atoms. The van der Waals surface area contributed by atoms with Crippen LogP contribution in [0.2, 0.25) is 5.02 Å². The van der Waals surface area contributed by atoms with Crippen LogP contribution in [-0.4, -0.2) is 32.6 Å². The van der Waals surface area contributed by atoms with Crippen LogP contribution in [0, 0.1) is 5.92 Å². The average molecular weight is 426 g/mol. The standard InChI is InChI=1S/C21H20ClN5O3/c22-15-7-5-13(6-8-15)18-16(29-11-12-1-2-12)9-23-19(26-18)20(28)24-10-17-25-21(30-27-17)14-3-4-14/h5-9,12,14H,1-4,10-11H2,(H,24,28). The van der Waals surface area contributed by atoms with E-state index in [-0.39, 0.29) is 12.4 Å². The van der Waals surface area contributed by atoms with E-state index in [1.165, 1.54) is 12.8 Å². The molecule has 0 aliphatic heterocycles. The molecular formula is C21H20ClN5O3. The van der Waals surface area contributed by atoms with Crippen LogP contribution in [0.5, 0.6) is 5.75 Å². The topological polar surface area (TPSA) is 103 Å². The van der Waals surface area contributed by atoms with Gasteiger partial charge < -0.3 is 14.6 Å². The van der Waals surface area contributed by atoms with Gasteiger partial charge in [0, 0.05) is 16.5 Å². The molecular weight excluding hydrogens is 406 g/mol. The first-order chi connectivity index (χ1) is 14.7. The molecule has 2 saturated carbocycles. The van der Waals surface area contributed by atoms with Gasteiger partial charge >= 0.3 is 0 Å². The number of nitrogens with one attached hydrogen (secondary N) is 1. The number of hydrogen-bond acceptors (Lipinski definition) is 7. The molecule has 154 valence electrons. The van der Waals surface area contributed by atoms with E-state index >= 15 is 0 Å². The molecule has 1 aromatic carbocycles. The molecule has 0 saturated heterocycles. The monoisotopic (exact) mass is 425 g/mol. The molecule has 5 rings (SSSR count). The summed E-state index contributed by atoms with van der Waals surface area (Å²) in [6.45, 7) is 0.769. The van der Waals surface area contributed by atoms with Crippen LogP contribution in [0.4, 0.5) is 0 Å². The Morgan fingerprint density at radius 2 is 1.97 bits per heavy atom. The van der Waals surface area contributed by atoms with Crippen molar-refractivity contribution in [3.8, 4) is 17.0 Å². The minimum absolute atomic E-state index is 0.0460. The van der Waals surface area contributed by atoms with Crippen LogP contribution in [-0.2, 0) is 6.54 Å². The number of nitrogens with zero attached hydrogens (tertiary/aromatic N) is 4. The third kappa shape index (κ3) is 4.43. The average Bonchev–Trinajstić information content (AvgIpc) is 3.70. The van der Waals surface area contributed by atoms with E-state index in [0.717, 1.165) is 18.4 Å². The van der Waals surface area contributed by atoms with Crippen molar-refractivity contribution in [1.82, 2.24) is 25.4 Å². The van der Waals surface area contributed by atoms with E-state index in [1.54, 1.807) is 18.3 Å². The van der Waals surface area contributed by atoms with Crippen LogP contribution in [0.1, 0.15) is 53.9 Å². The zero-order valence-corrected chi connectivity index (χ0v) is 16.9. The zero-order chi connectivity index (χ0) is 20.5. The maximum absolute atomic E-state index is 12.6. The van der Waals surface area contributed by atoms with E-state index < -0.39 is 5.91 Å². The molecule has 30 heavy (non-hydrogen) atoms. The summed E-state index contributed by atoms with van der Waals surface area (Å²) in [5.74, 6) is 2.21. The number of carbonyl (C=O) groups excluding carboxylic acids is 1. The van der Waals surface area contributed by atoms with Crippen molar-refractivity contribution in [2.45, 2.75) is 38.1 Å². The summed E-state index contributed by atoms with van der Waals surface area (Å²) in [5, 5.41) is 7.27. The molecule has 0 bridgehead atoms. The van der Waals surface area contributed by atoms with Crippen molar-refractivity contribution in [3.05, 3.63) is 53.0 Å². The van der Waals surface area contributed by atoms with E-state index in [0.29, 0.717) is 46.6 Å². The molecule has 2 aliphatic rings. The number of halogens is 1. The van der Waals surface area contributed by atoms with Gasteiger partial charge in [0.15, 0.2) is 11.6 Å². The predicted molar refractivity (Wildman–Crippen MR) is 108 cm³/mol. The summed E-state index contributed by atoms with van der Waals surface area (Å²) in [4.78, 5) is 25.6. The summed E-state index contributed by atoms with van der Waals surface area (Å²) in [5.41, 5.74) is 1.36. The highest BCUT2D eigenvalue weighted by Crippen LogP contribution is 2.38. The van der Waals surface area contributed by atoms with Crippen molar-refractivity contribution in [3.63, 3.8) is 0 Å². The Morgan fingerprint density at radius 3 is 2.70 bits per heavy atom. The van der Waals surface area contributed by atoms with Crippen LogP contribution < -0.4 is 10.1 Å². The third-order valence-corrected chi connectivity index (χ3v) is 5.32. The third-order valence-electron chi connectivity index (χ3n) is 5.06. The first-order valence-corrected chi connectivity index (χ1v) is 10.4. The van der Waals surface area contributed by atoms with Crippen molar-refractivity contribution in [2.24, 2.45) is 5.92 Å². The van der Waals surface area contributed by atoms with Gasteiger partial charge in [-0.05, 0) is 43.7 Å². The molecule has 0 atom stereocenters. The minimum atomic E-state index is -0.420. The summed E-state index contributed by atoms with van der Waals surface area (Å²) < 4.78 is 11.1. The fourth-order valence-electron chi connectivity index (χ4n) is 2.97. The molecule has 8 nitrogen and oxygen atoms in total. The quantitative estimate of drug-likeness (QED) is 0.585. The Morgan fingerprint density at radius 1 is 1.17 bits per heavy atom. The lowest BCUT2D eigenvalue weighted by molar-refractivity contribution is 0.0939. The largest absolute Gasteiger partial charge is 0.489 e. The van der Waals surface area contributed by atoms with Crippen molar-refractivity contribution >= 4 is 17.5 Å². The van der Waals surface area contributed by atoms with Gasteiger partial charge in [-0.25, -0.2) is 9.97 Å². The lowest BCUT2D eigenvalue weighted by Gasteiger charge is -2.12. The predicted octanol–water partition coefficient (Wildman–Crippen LogP) is 3.78. The SMILES string of the molecule is O=C(NCc1noc(C2CC2)n1)c1ncc(OCC2CC2)c(-c2ccc(Cl)cc2)n1. The Bertz CT molecular complexity index is 1060. The van der Waals surface area contributed by atoms with Crippen LogP contribution in [0.3, 0.4) is 0 Å². The van der Waals surface area contributed by atoms with E-state index in [2.05, 4.69) is 25.4 Å². The van der Waals surface area contributed by atoms with E-state index in [1.807, 2.05) is 12.1 Å². The van der Waals surface area contributed by atoms with Crippen LogP contribution >= 0.6 is 11.6 Å². The van der Waals surface area contributed by atoms with Gasteiger partial charge in [0.2, 0.25) is 11.7 Å². The maximum Gasteiger partial charge on any atom is 0.289 e. The Kier molecular flexibility index (Phi) is 5.08. The molecule has 2 aromatic heterocycles. The van der Waals surface area contributed by atoms with Crippen molar-refractivity contribution < 1.29 is 14.1 Å². The maximum atomic E-state index is 12.6. The molecule has 2 aliphatic carbocycles. The number of benzene rings is 1. The van der Waals surface area contributed by atoms with Gasteiger partial charge in [0.1, 0.15) is 5.69 Å². The van der Waals surface area contributed by atoms with Crippen LogP contribution in [0.25, 0.3) is 11.3 Å². The molecule has 1 amide bonds. The second kappa shape index (κ2) is 8.02. The zero-order valence-electron chi connectivity index (χ0n) is 16.2. The van der Waals surface area contributed by atoms with Crippen LogP contribution in [0.15, 0.2) is 35.0 Å². The number of hydrogen-bond donors (Lipinski definition) is 1. The number of carbonyl (C=O) groups is 1. The number of rotatable bonds is 8. The number of aromatic nitrogens is 4. The fraction of sp³-hybridized carbons (Fsp3) is 0.381. The first-order valence-electron chi connectivity index (χ1n) is 10.0. The van der Waals surface area contributed by atoms with Crippen molar-refractivity contribution in [2.75, 3.05) is 6.61 Å². The Labute approximate surface area is 178 Å². The summed E-state index contributed by atoms with van der Waals surface area (Å²) in [6, 6.07) is 7.23. The molecule has 2 heterocycles. The molecule has 1 N–H and O–H groups in total. The summed E-state index contributed by atoms with van der Waals surface area (Å²) >= 11 is 6.01. The van der Waals surface area contributed by atoms with E-state index in [9.17, 15) is 4.79 Å². The van der Waals surface area contributed by atoms with Gasteiger partial charge in [-0.3, -0.25) is 4.79 Å². The van der Waals surface area contributed by atoms with Gasteiger partial charge in [0.05, 0.1) is 19.3 Å². The second-order valence-electron chi connectivity index (χ2n) is 7.67. The molecule has 2 fully saturated rings. The molecule has 0 unspecified atom stereocenters. The number of amides is 1. The highest BCUT2D eigenvalue weighted by molar-refractivity contribution is 6.30. The highest BCUT2D eigenvalue weighted by Gasteiger charge is 2.29.